The SMILES string of the molecule is Cc1nccnc1OCc1c(Cl)cccc1N(C)N.NNC=O. The molecule has 0 saturated heterocycles. The van der Waals surface area contributed by atoms with Crippen molar-refractivity contribution in [3.05, 3.63) is 46.9 Å². The molecule has 2 aromatic rings. The Balaban J connectivity index is 0.000000593. The van der Waals surface area contributed by atoms with Crippen molar-refractivity contribution in [3.8, 4) is 5.88 Å². The van der Waals surface area contributed by atoms with Gasteiger partial charge in [-0.05, 0) is 19.1 Å². The van der Waals surface area contributed by atoms with E-state index in [1.54, 1.807) is 30.9 Å². The number of hydrogen-bond acceptors (Lipinski definition) is 7. The van der Waals surface area contributed by atoms with Gasteiger partial charge in [0.2, 0.25) is 12.3 Å². The minimum atomic E-state index is 0.288. The van der Waals surface area contributed by atoms with Crippen molar-refractivity contribution in [2.75, 3.05) is 12.1 Å². The normalized spacial score (nSPS) is 9.43. The number of rotatable bonds is 5. The van der Waals surface area contributed by atoms with E-state index in [1.165, 1.54) is 5.01 Å². The zero-order valence-corrected chi connectivity index (χ0v) is 13.6. The van der Waals surface area contributed by atoms with Gasteiger partial charge in [-0.2, -0.15) is 0 Å². The zero-order valence-electron chi connectivity index (χ0n) is 12.9. The van der Waals surface area contributed by atoms with Crippen LogP contribution in [0.5, 0.6) is 5.88 Å². The van der Waals surface area contributed by atoms with E-state index < -0.39 is 0 Å². The first-order valence-corrected chi connectivity index (χ1v) is 6.95. The van der Waals surface area contributed by atoms with E-state index in [0.29, 0.717) is 17.3 Å². The van der Waals surface area contributed by atoms with Crippen molar-refractivity contribution in [1.82, 2.24) is 15.4 Å². The van der Waals surface area contributed by atoms with Crippen LogP contribution in [-0.2, 0) is 11.4 Å². The maximum absolute atomic E-state index is 8.94. The molecule has 0 spiro atoms. The molecule has 0 radical (unpaired) electrons. The van der Waals surface area contributed by atoms with Gasteiger partial charge in [-0.1, -0.05) is 17.7 Å². The van der Waals surface area contributed by atoms with Crippen LogP contribution in [0.4, 0.5) is 5.69 Å². The van der Waals surface area contributed by atoms with Crippen LogP contribution >= 0.6 is 11.6 Å². The third kappa shape index (κ3) is 5.70. The Hall–Kier alpha value is -2.42. The van der Waals surface area contributed by atoms with Gasteiger partial charge in [-0.25, -0.2) is 16.7 Å². The highest BCUT2D eigenvalue weighted by Crippen LogP contribution is 2.27. The summed E-state index contributed by atoms with van der Waals surface area (Å²) < 4.78 is 5.65. The molecule has 0 saturated carbocycles. The van der Waals surface area contributed by atoms with Crippen LogP contribution in [0.3, 0.4) is 0 Å². The average Bonchev–Trinajstić information content (AvgIpc) is 2.55. The Morgan fingerprint density at radius 3 is 2.61 bits per heavy atom. The lowest BCUT2D eigenvalue weighted by Crippen LogP contribution is -2.26. The standard InChI is InChI=1S/C13H15ClN4O.CH4N2O/c1-9-13(17-7-6-16-9)19-8-10-11(14)4-3-5-12(10)18(2)15;2-3-1-4/h3-7H,8,15H2,1-2H3;1H,2H2,(H,3,4). The molecular weight excluding hydrogens is 320 g/mol. The molecule has 124 valence electrons. The number of carbonyl (C=O) groups is 1. The fourth-order valence-corrected chi connectivity index (χ4v) is 1.92. The van der Waals surface area contributed by atoms with Crippen molar-refractivity contribution < 1.29 is 9.53 Å². The lowest BCUT2D eigenvalue weighted by Gasteiger charge is -2.18. The molecule has 23 heavy (non-hydrogen) atoms. The molecule has 5 N–H and O–H groups in total. The summed E-state index contributed by atoms with van der Waals surface area (Å²) in [5.41, 5.74) is 4.12. The Morgan fingerprint density at radius 2 is 2.04 bits per heavy atom. The Labute approximate surface area is 139 Å². The van der Waals surface area contributed by atoms with Gasteiger partial charge >= 0.3 is 0 Å². The maximum Gasteiger partial charge on any atom is 0.235 e. The van der Waals surface area contributed by atoms with Crippen molar-refractivity contribution in [3.63, 3.8) is 0 Å². The van der Waals surface area contributed by atoms with Crippen molar-refractivity contribution >= 4 is 23.7 Å². The van der Waals surface area contributed by atoms with Crippen LogP contribution in [-0.4, -0.2) is 23.4 Å². The molecule has 0 bridgehead atoms. The summed E-state index contributed by atoms with van der Waals surface area (Å²) in [7, 11) is 1.75. The molecule has 2 rings (SSSR count). The Bertz CT molecular complexity index is 638. The van der Waals surface area contributed by atoms with Gasteiger partial charge in [0.15, 0.2) is 0 Å². The quantitative estimate of drug-likeness (QED) is 0.321. The minimum absolute atomic E-state index is 0.288. The van der Waals surface area contributed by atoms with E-state index >= 15 is 0 Å². The number of hydrogen-bond donors (Lipinski definition) is 3. The second-order valence-electron chi connectivity index (χ2n) is 4.37. The van der Waals surface area contributed by atoms with Gasteiger partial charge in [0, 0.05) is 30.0 Å². The first-order chi connectivity index (χ1) is 11.0. The summed E-state index contributed by atoms with van der Waals surface area (Å²) in [6.45, 7) is 2.13. The summed E-state index contributed by atoms with van der Waals surface area (Å²) in [6.07, 6.45) is 3.61. The van der Waals surface area contributed by atoms with E-state index in [-0.39, 0.29) is 6.61 Å². The van der Waals surface area contributed by atoms with Crippen molar-refractivity contribution in [2.45, 2.75) is 13.5 Å². The summed E-state index contributed by atoms with van der Waals surface area (Å²) in [6, 6.07) is 5.53. The van der Waals surface area contributed by atoms with Crippen LogP contribution in [0.25, 0.3) is 0 Å². The average molecular weight is 339 g/mol. The monoisotopic (exact) mass is 338 g/mol. The highest BCUT2D eigenvalue weighted by atomic mass is 35.5. The third-order valence-corrected chi connectivity index (χ3v) is 3.09. The Kier molecular flexibility index (Phi) is 7.75. The van der Waals surface area contributed by atoms with Gasteiger partial charge in [0.25, 0.3) is 0 Å². The summed E-state index contributed by atoms with van der Waals surface area (Å²) in [4.78, 5) is 17.2. The van der Waals surface area contributed by atoms with Crippen LogP contribution < -0.4 is 26.9 Å². The topological polar surface area (TPSA) is 119 Å². The predicted molar refractivity (Wildman–Crippen MR) is 88.5 cm³/mol. The van der Waals surface area contributed by atoms with E-state index in [9.17, 15) is 0 Å². The van der Waals surface area contributed by atoms with Gasteiger partial charge in [-0.3, -0.25) is 15.2 Å². The number of anilines is 1. The second-order valence-corrected chi connectivity index (χ2v) is 4.78. The zero-order chi connectivity index (χ0) is 17.2. The minimum Gasteiger partial charge on any atom is -0.471 e. The van der Waals surface area contributed by atoms with Crippen molar-refractivity contribution in [1.29, 1.82) is 0 Å². The second kappa shape index (κ2) is 9.57. The van der Waals surface area contributed by atoms with Gasteiger partial charge in [0.1, 0.15) is 6.61 Å². The number of amides is 1. The lowest BCUT2D eigenvalue weighted by atomic mass is 10.2. The van der Waals surface area contributed by atoms with E-state index in [1.807, 2.05) is 19.1 Å². The van der Waals surface area contributed by atoms with Gasteiger partial charge in [-0.15, -0.1) is 0 Å². The molecule has 1 aromatic heterocycles. The smallest absolute Gasteiger partial charge is 0.235 e. The first-order valence-electron chi connectivity index (χ1n) is 6.57. The van der Waals surface area contributed by atoms with Crippen molar-refractivity contribution in [2.24, 2.45) is 11.7 Å². The third-order valence-electron chi connectivity index (χ3n) is 2.73. The Morgan fingerprint density at radius 1 is 1.39 bits per heavy atom. The molecule has 0 aliphatic heterocycles. The number of nitrogens with two attached hydrogens (primary N) is 2. The number of nitrogens with one attached hydrogen (secondary N) is 1. The first kappa shape index (κ1) is 18.6. The van der Waals surface area contributed by atoms with E-state index in [4.69, 9.17) is 27.0 Å². The molecule has 0 atom stereocenters. The number of benzene rings is 1. The van der Waals surface area contributed by atoms with Crippen LogP contribution in [0, 0.1) is 6.92 Å². The molecule has 0 aliphatic rings. The number of aromatic nitrogens is 2. The molecule has 1 aromatic carbocycles. The largest absolute Gasteiger partial charge is 0.471 e. The molecule has 1 heterocycles. The lowest BCUT2D eigenvalue weighted by molar-refractivity contribution is -0.109. The van der Waals surface area contributed by atoms with Crippen LogP contribution in [0.1, 0.15) is 11.3 Å². The van der Waals surface area contributed by atoms with Gasteiger partial charge in [0.05, 0.1) is 11.4 Å². The number of ether oxygens (including phenoxy) is 1. The fraction of sp³-hybridized carbons (Fsp3) is 0.214. The molecule has 0 unspecified atom stereocenters. The number of halogens is 1. The fourth-order valence-electron chi connectivity index (χ4n) is 1.70. The predicted octanol–water partition coefficient (Wildman–Crippen LogP) is 0.933. The van der Waals surface area contributed by atoms with E-state index in [2.05, 4.69) is 15.8 Å². The van der Waals surface area contributed by atoms with E-state index in [0.717, 1.165) is 16.9 Å². The highest BCUT2D eigenvalue weighted by Gasteiger charge is 2.11. The molecule has 0 fully saturated rings. The molecule has 9 heteroatoms. The molecule has 0 aliphatic carbocycles. The maximum atomic E-state index is 8.94. The highest BCUT2D eigenvalue weighted by molar-refractivity contribution is 6.31. The number of hydrazine groups is 2. The summed E-state index contributed by atoms with van der Waals surface area (Å²) in [5.74, 6) is 10.7. The molecular formula is C14H19ClN6O2. The van der Waals surface area contributed by atoms with Crippen LogP contribution in [0.15, 0.2) is 30.6 Å². The van der Waals surface area contributed by atoms with Crippen LogP contribution in [0.2, 0.25) is 5.02 Å². The molecule has 1 amide bonds. The summed E-state index contributed by atoms with van der Waals surface area (Å²) >= 11 is 6.18. The summed E-state index contributed by atoms with van der Waals surface area (Å²) in [5, 5.41) is 2.12. The number of carbonyl (C=O) groups excluding carboxylic acids is 1. The van der Waals surface area contributed by atoms with Gasteiger partial charge < -0.3 is 9.75 Å². The molecule has 8 nitrogen and oxygen atoms in total. The number of nitrogens with zero attached hydrogens (tertiary/aromatic N) is 3. The number of aryl methyl sites for hydroxylation is 1.